The van der Waals surface area contributed by atoms with Crippen LogP contribution < -0.4 is 0 Å². The summed E-state index contributed by atoms with van der Waals surface area (Å²) in [5.74, 6) is 0.147. The number of nitrogens with zero attached hydrogens (tertiary/aromatic N) is 1. The van der Waals surface area contributed by atoms with E-state index in [1.54, 1.807) is 0 Å². The second kappa shape index (κ2) is 6.75. The zero-order valence-electron chi connectivity index (χ0n) is 12.9. The van der Waals surface area contributed by atoms with Crippen molar-refractivity contribution in [2.75, 3.05) is 0 Å². The number of carboxylic acids is 1. The van der Waals surface area contributed by atoms with E-state index in [1.165, 1.54) is 12.8 Å². The maximum absolute atomic E-state index is 11.9. The Bertz CT molecular complexity index is 380. The van der Waals surface area contributed by atoms with Crippen molar-refractivity contribution in [2.45, 2.75) is 77.2 Å². The monoisotopic (exact) mass is 297 g/mol. The second-order valence-electron chi connectivity index (χ2n) is 6.98. The van der Waals surface area contributed by atoms with Gasteiger partial charge in [-0.3, -0.25) is 14.9 Å². The van der Waals surface area contributed by atoms with E-state index in [2.05, 4.69) is 6.92 Å². The highest BCUT2D eigenvalue weighted by atomic mass is 16.6. The Labute approximate surface area is 126 Å². The third kappa shape index (κ3) is 3.38. The van der Waals surface area contributed by atoms with Crippen LogP contribution in [0.2, 0.25) is 0 Å². The lowest BCUT2D eigenvalue weighted by molar-refractivity contribution is -0.527. The van der Waals surface area contributed by atoms with Crippen molar-refractivity contribution < 1.29 is 14.8 Å². The molecule has 0 unspecified atom stereocenters. The fourth-order valence-corrected chi connectivity index (χ4v) is 4.53. The molecule has 2 rings (SSSR count). The van der Waals surface area contributed by atoms with Gasteiger partial charge < -0.3 is 5.11 Å². The zero-order valence-corrected chi connectivity index (χ0v) is 12.9. The molecule has 0 aromatic carbocycles. The molecule has 0 spiro atoms. The minimum atomic E-state index is -0.665. The molecule has 21 heavy (non-hydrogen) atoms. The highest BCUT2D eigenvalue weighted by molar-refractivity contribution is 5.75. The van der Waals surface area contributed by atoms with Gasteiger partial charge in [-0.15, -0.1) is 0 Å². The molecule has 0 aliphatic heterocycles. The van der Waals surface area contributed by atoms with Crippen LogP contribution in [0.4, 0.5) is 0 Å². The van der Waals surface area contributed by atoms with Gasteiger partial charge in [0.25, 0.3) is 0 Å². The molecule has 2 fully saturated rings. The molecular weight excluding hydrogens is 270 g/mol. The lowest BCUT2D eigenvalue weighted by atomic mass is 9.59. The minimum absolute atomic E-state index is 0.133. The van der Waals surface area contributed by atoms with Crippen LogP contribution in [0, 0.1) is 27.4 Å². The van der Waals surface area contributed by atoms with Crippen molar-refractivity contribution in [3.8, 4) is 0 Å². The molecule has 0 radical (unpaired) electrons. The van der Waals surface area contributed by atoms with Crippen LogP contribution in [0.1, 0.15) is 71.1 Å². The molecule has 2 saturated carbocycles. The van der Waals surface area contributed by atoms with E-state index in [0.717, 1.165) is 25.7 Å². The number of hydrogen-bond acceptors (Lipinski definition) is 3. The maximum atomic E-state index is 11.9. The fourth-order valence-electron chi connectivity index (χ4n) is 4.53. The summed E-state index contributed by atoms with van der Waals surface area (Å²) in [5, 5.41) is 20.7. The first kappa shape index (κ1) is 16.2. The molecule has 0 saturated heterocycles. The zero-order chi connectivity index (χ0) is 15.5. The lowest BCUT2D eigenvalue weighted by Crippen LogP contribution is -2.44. The number of carbonyl (C=O) groups is 1. The Morgan fingerprint density at radius 1 is 1.19 bits per heavy atom. The van der Waals surface area contributed by atoms with Gasteiger partial charge >= 0.3 is 5.97 Å². The van der Waals surface area contributed by atoms with E-state index in [1.807, 2.05) is 0 Å². The molecule has 2 aliphatic carbocycles. The van der Waals surface area contributed by atoms with E-state index in [9.17, 15) is 20.0 Å². The van der Waals surface area contributed by atoms with E-state index >= 15 is 0 Å². The quantitative estimate of drug-likeness (QED) is 0.616. The molecule has 0 atom stereocenters. The second-order valence-corrected chi connectivity index (χ2v) is 6.98. The van der Waals surface area contributed by atoms with Gasteiger partial charge in [-0.25, -0.2) is 0 Å². The van der Waals surface area contributed by atoms with Gasteiger partial charge in [0.1, 0.15) is 0 Å². The third-order valence-electron chi connectivity index (χ3n) is 5.90. The number of rotatable bonds is 5. The molecule has 0 aromatic rings. The molecule has 0 aromatic heterocycles. The first-order valence-corrected chi connectivity index (χ1v) is 8.36. The summed E-state index contributed by atoms with van der Waals surface area (Å²) in [6.07, 6.45) is 8.41. The first-order valence-electron chi connectivity index (χ1n) is 8.36. The predicted octanol–water partition coefficient (Wildman–Crippen LogP) is 3.88. The number of carboxylic acid groups (broad SMARTS) is 1. The van der Waals surface area contributed by atoms with Crippen molar-refractivity contribution in [3.05, 3.63) is 10.1 Å². The van der Waals surface area contributed by atoms with Gasteiger partial charge in [-0.1, -0.05) is 19.8 Å². The van der Waals surface area contributed by atoms with Crippen LogP contribution in [0.25, 0.3) is 0 Å². The van der Waals surface area contributed by atoms with Crippen LogP contribution in [0.3, 0.4) is 0 Å². The highest BCUT2D eigenvalue weighted by Crippen LogP contribution is 2.50. The molecule has 120 valence electrons. The van der Waals surface area contributed by atoms with E-state index < -0.39 is 17.4 Å². The lowest BCUT2D eigenvalue weighted by Gasteiger charge is -2.44. The molecule has 0 heterocycles. The average Bonchev–Trinajstić information content (AvgIpc) is 2.48. The third-order valence-corrected chi connectivity index (χ3v) is 5.90. The molecule has 5 nitrogen and oxygen atoms in total. The van der Waals surface area contributed by atoms with Crippen molar-refractivity contribution in [3.63, 3.8) is 0 Å². The van der Waals surface area contributed by atoms with Crippen LogP contribution in [0.15, 0.2) is 0 Å². The van der Waals surface area contributed by atoms with Gasteiger partial charge in [0, 0.05) is 17.8 Å². The number of hydrogen-bond donors (Lipinski definition) is 1. The minimum Gasteiger partial charge on any atom is -0.481 e. The molecule has 1 N–H and O–H groups in total. The van der Waals surface area contributed by atoms with Crippen LogP contribution in [-0.4, -0.2) is 22.0 Å². The Morgan fingerprint density at radius 3 is 2.19 bits per heavy atom. The van der Waals surface area contributed by atoms with Gasteiger partial charge in [0.05, 0.1) is 5.41 Å². The summed E-state index contributed by atoms with van der Waals surface area (Å²) in [4.78, 5) is 22.6. The number of aliphatic carboxylic acids is 1. The summed E-state index contributed by atoms with van der Waals surface area (Å²) in [6.45, 7) is 2.18. The van der Waals surface area contributed by atoms with Gasteiger partial charge in [0.2, 0.25) is 6.04 Å². The first-order chi connectivity index (χ1) is 9.99. The summed E-state index contributed by atoms with van der Waals surface area (Å²) in [6, 6.07) is -0.455. The Hall–Kier alpha value is -1.13. The van der Waals surface area contributed by atoms with E-state index in [0.29, 0.717) is 31.6 Å². The summed E-state index contributed by atoms with van der Waals surface area (Å²) >= 11 is 0. The Balaban J connectivity index is 2.00. The normalized spacial score (nSPS) is 37.1. The molecule has 0 amide bonds. The van der Waals surface area contributed by atoms with Crippen molar-refractivity contribution >= 4 is 5.97 Å². The molecule has 0 bridgehead atoms. The van der Waals surface area contributed by atoms with Crippen molar-refractivity contribution in [1.82, 2.24) is 0 Å². The van der Waals surface area contributed by atoms with E-state index in [4.69, 9.17) is 0 Å². The maximum Gasteiger partial charge on any atom is 0.309 e. The van der Waals surface area contributed by atoms with Gasteiger partial charge in [-0.2, -0.15) is 0 Å². The van der Waals surface area contributed by atoms with E-state index in [-0.39, 0.29) is 10.8 Å². The fraction of sp³-hybridized carbons (Fsp3) is 0.938. The van der Waals surface area contributed by atoms with Crippen LogP contribution in [-0.2, 0) is 4.79 Å². The van der Waals surface area contributed by atoms with Gasteiger partial charge in [-0.05, 0) is 50.4 Å². The standard InChI is InChI=1S/C16H27NO4/c1-2-3-12-8-10-16(11-9-12,15(18)19)13-4-6-14(7-5-13)17(20)21/h12-14H,2-11H2,1H3,(H,18,19). The summed E-state index contributed by atoms with van der Waals surface area (Å²) < 4.78 is 0. The van der Waals surface area contributed by atoms with Crippen LogP contribution >= 0.6 is 0 Å². The van der Waals surface area contributed by atoms with Crippen molar-refractivity contribution in [1.29, 1.82) is 0 Å². The summed E-state index contributed by atoms with van der Waals surface area (Å²) in [7, 11) is 0. The molecule has 5 heteroatoms. The molecule has 2 aliphatic rings. The Kier molecular flexibility index (Phi) is 5.22. The summed E-state index contributed by atoms with van der Waals surface area (Å²) in [5.41, 5.74) is -0.605. The smallest absolute Gasteiger partial charge is 0.309 e. The van der Waals surface area contributed by atoms with Crippen molar-refractivity contribution in [2.24, 2.45) is 17.3 Å². The largest absolute Gasteiger partial charge is 0.481 e. The highest BCUT2D eigenvalue weighted by Gasteiger charge is 2.49. The average molecular weight is 297 g/mol. The molecular formula is C16H27NO4. The number of nitro groups is 1. The van der Waals surface area contributed by atoms with Crippen LogP contribution in [0.5, 0.6) is 0 Å². The van der Waals surface area contributed by atoms with Gasteiger partial charge in [0.15, 0.2) is 0 Å². The topological polar surface area (TPSA) is 80.4 Å². The predicted molar refractivity (Wildman–Crippen MR) is 79.7 cm³/mol. The SMILES string of the molecule is CCCC1CCC(C(=O)O)(C2CCC([N+](=O)[O-])CC2)CC1. The Morgan fingerprint density at radius 2 is 1.76 bits per heavy atom.